The Bertz CT molecular complexity index is 756. The van der Waals surface area contributed by atoms with Crippen molar-refractivity contribution in [3.8, 4) is 0 Å². The van der Waals surface area contributed by atoms with Crippen LogP contribution in [0.3, 0.4) is 0 Å². The van der Waals surface area contributed by atoms with Crippen LogP contribution in [0.4, 0.5) is 23.2 Å². The fourth-order valence-corrected chi connectivity index (χ4v) is 2.12. The Morgan fingerprint density at radius 2 is 1.46 bits per heavy atom. The maximum atomic E-state index is 12.8. The molecule has 0 bridgehead atoms. The minimum atomic E-state index is -4.92. The number of hydrogen-bond acceptors (Lipinski definition) is 2. The molecule has 0 aliphatic carbocycles. The fourth-order valence-electron chi connectivity index (χ4n) is 2.12. The lowest BCUT2D eigenvalue weighted by molar-refractivity contribution is -0.173. The second-order valence-electron chi connectivity index (χ2n) is 5.55. The van der Waals surface area contributed by atoms with Crippen molar-refractivity contribution in [2.75, 3.05) is 5.32 Å². The molecule has 0 saturated carbocycles. The molecule has 2 N–H and O–H groups in total. The predicted octanol–water partition coefficient (Wildman–Crippen LogP) is 3.58. The van der Waals surface area contributed by atoms with Gasteiger partial charge in [-0.2, -0.15) is 13.2 Å². The highest BCUT2D eigenvalue weighted by molar-refractivity contribution is 5.90. The standard InChI is InChI=1S/C18H16F4N2O2/c19-14-6-1-12(2-7-14)5-10-16(25)24-15-8-3-13(4-9-15)11-23-17(26)18(20,21)22/h1-4,6-9H,5,10-11H2,(H,23,26)(H,24,25). The van der Waals surface area contributed by atoms with E-state index in [4.69, 9.17) is 0 Å². The molecule has 0 heterocycles. The minimum Gasteiger partial charge on any atom is -0.344 e. The van der Waals surface area contributed by atoms with Crippen molar-refractivity contribution >= 4 is 17.5 Å². The molecule has 2 amide bonds. The first-order valence-electron chi connectivity index (χ1n) is 7.72. The van der Waals surface area contributed by atoms with E-state index in [-0.39, 0.29) is 24.7 Å². The van der Waals surface area contributed by atoms with Crippen LogP contribution in [0.15, 0.2) is 48.5 Å². The molecular weight excluding hydrogens is 352 g/mol. The summed E-state index contributed by atoms with van der Waals surface area (Å²) in [6.45, 7) is -0.267. The molecule has 0 aliphatic heterocycles. The van der Waals surface area contributed by atoms with Crippen LogP contribution in [0.25, 0.3) is 0 Å². The van der Waals surface area contributed by atoms with Gasteiger partial charge in [-0.25, -0.2) is 4.39 Å². The minimum absolute atomic E-state index is 0.203. The molecule has 0 fully saturated rings. The van der Waals surface area contributed by atoms with Crippen molar-refractivity contribution < 1.29 is 27.2 Å². The average Bonchev–Trinajstić information content (AvgIpc) is 2.59. The van der Waals surface area contributed by atoms with E-state index in [1.807, 2.05) is 0 Å². The molecule has 0 unspecified atom stereocenters. The summed E-state index contributed by atoms with van der Waals surface area (Å²) in [6.07, 6.45) is -4.26. The number of carbonyl (C=O) groups is 2. The van der Waals surface area contributed by atoms with Gasteiger partial charge in [0, 0.05) is 18.7 Å². The van der Waals surface area contributed by atoms with Crippen LogP contribution in [0.2, 0.25) is 0 Å². The van der Waals surface area contributed by atoms with E-state index >= 15 is 0 Å². The number of benzene rings is 2. The summed E-state index contributed by atoms with van der Waals surface area (Å²) in [7, 11) is 0. The van der Waals surface area contributed by atoms with E-state index in [2.05, 4.69) is 5.32 Å². The zero-order chi connectivity index (χ0) is 19.2. The van der Waals surface area contributed by atoms with E-state index in [0.717, 1.165) is 5.56 Å². The number of amides is 2. The molecule has 0 aliphatic rings. The van der Waals surface area contributed by atoms with Gasteiger partial charge in [0.1, 0.15) is 5.82 Å². The molecule has 8 heteroatoms. The lowest BCUT2D eigenvalue weighted by Crippen LogP contribution is -2.36. The average molecular weight is 368 g/mol. The largest absolute Gasteiger partial charge is 0.471 e. The van der Waals surface area contributed by atoms with Crippen LogP contribution in [0, 0.1) is 5.82 Å². The molecule has 4 nitrogen and oxygen atoms in total. The number of hydrogen-bond donors (Lipinski definition) is 2. The van der Waals surface area contributed by atoms with E-state index in [9.17, 15) is 27.2 Å². The summed E-state index contributed by atoms with van der Waals surface area (Å²) in [6, 6.07) is 11.9. The summed E-state index contributed by atoms with van der Waals surface area (Å²) < 4.78 is 49.1. The van der Waals surface area contributed by atoms with Gasteiger partial charge in [0.25, 0.3) is 0 Å². The summed E-state index contributed by atoms with van der Waals surface area (Å²) in [5.74, 6) is -2.59. The number of aryl methyl sites for hydroxylation is 1. The third kappa shape index (κ3) is 6.19. The van der Waals surface area contributed by atoms with E-state index in [1.165, 1.54) is 36.4 Å². The van der Waals surface area contributed by atoms with Gasteiger partial charge in [-0.15, -0.1) is 0 Å². The first-order chi connectivity index (χ1) is 12.2. The first-order valence-corrected chi connectivity index (χ1v) is 7.72. The summed E-state index contributed by atoms with van der Waals surface area (Å²) in [5.41, 5.74) is 1.78. The molecule has 0 radical (unpaired) electrons. The molecule has 2 rings (SSSR count). The second-order valence-corrected chi connectivity index (χ2v) is 5.55. The van der Waals surface area contributed by atoms with Crippen molar-refractivity contribution in [2.24, 2.45) is 0 Å². The van der Waals surface area contributed by atoms with Crippen LogP contribution in [0.1, 0.15) is 17.5 Å². The zero-order valence-electron chi connectivity index (χ0n) is 13.6. The normalized spacial score (nSPS) is 11.1. The molecule has 0 aromatic heterocycles. The third-order valence-electron chi connectivity index (χ3n) is 3.50. The highest BCUT2D eigenvalue weighted by Gasteiger charge is 2.38. The molecule has 138 valence electrons. The van der Waals surface area contributed by atoms with Crippen molar-refractivity contribution in [3.63, 3.8) is 0 Å². The SMILES string of the molecule is O=C(CCc1ccc(F)cc1)Nc1ccc(CNC(=O)C(F)(F)F)cc1. The lowest BCUT2D eigenvalue weighted by atomic mass is 10.1. The van der Waals surface area contributed by atoms with Gasteiger partial charge in [-0.1, -0.05) is 24.3 Å². The highest BCUT2D eigenvalue weighted by Crippen LogP contribution is 2.15. The van der Waals surface area contributed by atoms with Gasteiger partial charge in [0.2, 0.25) is 5.91 Å². The van der Waals surface area contributed by atoms with Gasteiger partial charge < -0.3 is 10.6 Å². The second kappa shape index (κ2) is 8.46. The maximum Gasteiger partial charge on any atom is 0.471 e. The van der Waals surface area contributed by atoms with Crippen molar-refractivity contribution in [1.29, 1.82) is 0 Å². The Hall–Kier alpha value is -2.90. The summed E-state index contributed by atoms with van der Waals surface area (Å²) in [4.78, 5) is 22.6. The maximum absolute atomic E-state index is 12.8. The van der Waals surface area contributed by atoms with Gasteiger partial charge in [0.05, 0.1) is 0 Å². The Morgan fingerprint density at radius 1 is 0.885 bits per heavy atom. The molecule has 0 saturated heterocycles. The van der Waals surface area contributed by atoms with Crippen LogP contribution < -0.4 is 10.6 Å². The molecular formula is C18H16F4N2O2. The highest BCUT2D eigenvalue weighted by atomic mass is 19.4. The number of anilines is 1. The number of halogens is 4. The number of nitrogens with one attached hydrogen (secondary N) is 2. The van der Waals surface area contributed by atoms with E-state index in [0.29, 0.717) is 17.7 Å². The van der Waals surface area contributed by atoms with Crippen LogP contribution in [-0.4, -0.2) is 18.0 Å². The van der Waals surface area contributed by atoms with Gasteiger partial charge >= 0.3 is 12.1 Å². The number of carbonyl (C=O) groups excluding carboxylic acids is 2. The Morgan fingerprint density at radius 3 is 2.04 bits per heavy atom. The first kappa shape index (κ1) is 19.4. The molecule has 0 atom stereocenters. The Kier molecular flexibility index (Phi) is 6.32. The number of alkyl halides is 3. The molecule has 2 aromatic rings. The van der Waals surface area contributed by atoms with E-state index in [1.54, 1.807) is 17.4 Å². The van der Waals surface area contributed by atoms with Gasteiger partial charge in [0.15, 0.2) is 0 Å². The summed E-state index contributed by atoms with van der Waals surface area (Å²) in [5, 5.41) is 4.42. The zero-order valence-corrected chi connectivity index (χ0v) is 13.6. The third-order valence-corrected chi connectivity index (χ3v) is 3.50. The topological polar surface area (TPSA) is 58.2 Å². The molecule has 26 heavy (non-hydrogen) atoms. The van der Waals surface area contributed by atoms with E-state index < -0.39 is 12.1 Å². The summed E-state index contributed by atoms with van der Waals surface area (Å²) >= 11 is 0. The van der Waals surface area contributed by atoms with Crippen LogP contribution >= 0.6 is 0 Å². The van der Waals surface area contributed by atoms with Crippen LogP contribution in [-0.2, 0) is 22.6 Å². The fraction of sp³-hybridized carbons (Fsp3) is 0.222. The molecule has 2 aromatic carbocycles. The Balaban J connectivity index is 1.79. The Labute approximate surface area is 147 Å². The van der Waals surface area contributed by atoms with Crippen LogP contribution in [0.5, 0.6) is 0 Å². The van der Waals surface area contributed by atoms with Gasteiger partial charge in [-0.3, -0.25) is 9.59 Å². The van der Waals surface area contributed by atoms with Crippen molar-refractivity contribution in [2.45, 2.75) is 25.6 Å². The number of rotatable bonds is 6. The lowest BCUT2D eigenvalue weighted by Gasteiger charge is -2.09. The predicted molar refractivity (Wildman–Crippen MR) is 87.7 cm³/mol. The van der Waals surface area contributed by atoms with Crippen molar-refractivity contribution in [1.82, 2.24) is 5.32 Å². The molecule has 0 spiro atoms. The van der Waals surface area contributed by atoms with Gasteiger partial charge in [-0.05, 0) is 41.8 Å². The quantitative estimate of drug-likeness (QED) is 0.766. The van der Waals surface area contributed by atoms with Crippen molar-refractivity contribution in [3.05, 3.63) is 65.5 Å². The smallest absolute Gasteiger partial charge is 0.344 e. The monoisotopic (exact) mass is 368 g/mol.